The lowest BCUT2D eigenvalue weighted by Gasteiger charge is -2.48. The summed E-state index contributed by atoms with van der Waals surface area (Å²) in [5.41, 5.74) is 5.98. The first-order chi connectivity index (χ1) is 35.9. The largest absolute Gasteiger partial charge is 0.460 e. The fourth-order valence-corrected chi connectivity index (χ4v) is 9.25. The van der Waals surface area contributed by atoms with Crippen LogP contribution in [0.3, 0.4) is 0 Å². The van der Waals surface area contributed by atoms with Crippen molar-refractivity contribution in [3.8, 4) is 0 Å². The molecule has 73 heavy (non-hydrogen) atoms. The maximum Gasteiger partial charge on any atom is 0.320 e. The summed E-state index contributed by atoms with van der Waals surface area (Å²) in [7, 11) is 0. The Morgan fingerprint density at radius 1 is 0.452 bits per heavy atom. The third-order valence-corrected chi connectivity index (χ3v) is 13.2. The molecule has 6 aromatic carbocycles. The molecule has 1 N–H and O–H groups in total. The van der Waals surface area contributed by atoms with Crippen LogP contribution in [0.4, 0.5) is 0 Å². The molecule has 386 valence electrons. The number of benzene rings is 6. The number of carbonyl (C=O) groups is 1. The number of unbranched alkanes of at least 4 members (excludes halogenated alkanes) is 2. The molecule has 2 aliphatic heterocycles. The molecule has 0 aromatic heterocycles. The normalized spacial score (nSPS) is 24.1. The van der Waals surface area contributed by atoms with Gasteiger partial charge in [-0.1, -0.05) is 182 Å². The highest BCUT2D eigenvalue weighted by Gasteiger charge is 2.52. The first kappa shape index (κ1) is 53.7. The van der Waals surface area contributed by atoms with Gasteiger partial charge in [0.25, 0.3) is 0 Å². The highest BCUT2D eigenvalue weighted by molar-refractivity contribution is 5.71. The monoisotopic (exact) mass is 994 g/mol. The smallest absolute Gasteiger partial charge is 0.320 e. The molecule has 12 nitrogen and oxygen atoms in total. The van der Waals surface area contributed by atoms with Crippen molar-refractivity contribution in [2.75, 3.05) is 19.7 Å². The first-order valence-electron chi connectivity index (χ1n) is 25.7. The van der Waals surface area contributed by atoms with E-state index in [1.165, 1.54) is 0 Å². The Bertz CT molecular complexity index is 2440. The van der Waals surface area contributed by atoms with Gasteiger partial charge in [0.05, 0.1) is 45.2 Å². The summed E-state index contributed by atoms with van der Waals surface area (Å²) >= 11 is 0. The number of hydrogen-bond acceptors (Lipinski definition) is 12. The summed E-state index contributed by atoms with van der Waals surface area (Å²) in [4.78, 5) is 15.2. The topological polar surface area (TPSA) is 124 Å². The molecule has 0 amide bonds. The number of aliphatic hydroxyl groups is 1. The molecule has 0 radical (unpaired) electrons. The third kappa shape index (κ3) is 16.7. The van der Waals surface area contributed by atoms with E-state index in [1.54, 1.807) is 0 Å². The van der Waals surface area contributed by atoms with Crippen LogP contribution in [-0.4, -0.2) is 97.1 Å². The van der Waals surface area contributed by atoms with Crippen LogP contribution in [0.1, 0.15) is 66.5 Å². The van der Waals surface area contributed by atoms with Crippen molar-refractivity contribution in [2.45, 2.75) is 134 Å². The maximum atomic E-state index is 13.1. The minimum Gasteiger partial charge on any atom is -0.460 e. The molecule has 2 aliphatic rings. The summed E-state index contributed by atoms with van der Waals surface area (Å²) in [5.74, 6) is -0.265. The first-order valence-corrected chi connectivity index (χ1v) is 25.7. The fourth-order valence-electron chi connectivity index (χ4n) is 9.25. The van der Waals surface area contributed by atoms with E-state index in [0.717, 1.165) is 46.2 Å². The summed E-state index contributed by atoms with van der Waals surface area (Å²) in [5, 5.41) is 12.4. The van der Waals surface area contributed by atoms with Crippen molar-refractivity contribution in [1.29, 1.82) is 0 Å². The minimum atomic E-state index is -1.28. The van der Waals surface area contributed by atoms with E-state index in [9.17, 15) is 9.90 Å². The third-order valence-electron chi connectivity index (χ3n) is 13.2. The average Bonchev–Trinajstić information content (AvgIpc) is 3.43. The number of carbonyl (C=O) groups excluding carboxylic acids is 1. The SMILES string of the molecule is CC1O[C@@H](OC2C(OCc3ccccc3)[C@@H](OCc3ccccc3)C(C)O[C@H]2OCCCCCN(CC(=O)OCc2ccccc2)Cc2ccccc2)C(O)C(OCc2ccccc2)[C@H]1OCc1ccccc1. The van der Waals surface area contributed by atoms with E-state index >= 15 is 0 Å². The van der Waals surface area contributed by atoms with Crippen LogP contribution in [0.15, 0.2) is 182 Å². The molecular formula is C61H71NO11. The molecule has 0 saturated carbocycles. The Morgan fingerprint density at radius 2 is 0.849 bits per heavy atom. The van der Waals surface area contributed by atoms with Crippen molar-refractivity contribution in [2.24, 2.45) is 0 Å². The van der Waals surface area contributed by atoms with Gasteiger partial charge in [-0.3, -0.25) is 9.69 Å². The van der Waals surface area contributed by atoms with Gasteiger partial charge in [0.2, 0.25) is 0 Å². The average molecular weight is 994 g/mol. The van der Waals surface area contributed by atoms with Crippen LogP contribution in [-0.2, 0) is 87.0 Å². The molecule has 0 aliphatic carbocycles. The van der Waals surface area contributed by atoms with Crippen molar-refractivity contribution >= 4 is 5.97 Å². The van der Waals surface area contributed by atoms with Crippen molar-refractivity contribution in [3.05, 3.63) is 215 Å². The van der Waals surface area contributed by atoms with Gasteiger partial charge >= 0.3 is 5.97 Å². The molecule has 10 atom stereocenters. The highest BCUT2D eigenvalue weighted by atomic mass is 16.8. The molecule has 12 heteroatoms. The van der Waals surface area contributed by atoms with E-state index in [1.807, 2.05) is 184 Å². The summed E-state index contributed by atoms with van der Waals surface area (Å²) in [6.07, 6.45) is -5.80. The van der Waals surface area contributed by atoms with Crippen LogP contribution >= 0.6 is 0 Å². The molecule has 6 aromatic rings. The van der Waals surface area contributed by atoms with E-state index in [2.05, 4.69) is 17.0 Å². The van der Waals surface area contributed by atoms with Gasteiger partial charge in [-0.05, 0) is 73.0 Å². The number of nitrogens with zero attached hydrogens (tertiary/aromatic N) is 1. The lowest BCUT2D eigenvalue weighted by atomic mass is 9.97. The zero-order valence-electron chi connectivity index (χ0n) is 42.1. The van der Waals surface area contributed by atoms with Gasteiger partial charge < -0.3 is 47.7 Å². The highest BCUT2D eigenvalue weighted by Crippen LogP contribution is 2.35. The second kappa shape index (κ2) is 28.7. The van der Waals surface area contributed by atoms with Gasteiger partial charge in [0.15, 0.2) is 12.6 Å². The van der Waals surface area contributed by atoms with Gasteiger partial charge in [-0.25, -0.2) is 0 Å². The standard InChI is InChI=1S/C61H71NO11/c1-45-55(67-41-49-28-14-5-15-29-49)57(69-43-51-32-18-7-19-33-51)54(64)60(71-45)73-59-58(70-44-52-34-20-8-21-35-52)56(68-42-50-30-16-6-17-31-50)46(2)72-61(59)65-37-23-9-22-36-62(38-47-24-10-3-11-25-47)39-53(63)66-40-48-26-12-4-13-27-48/h3-8,10-21,24-35,45-46,54-61,64H,9,22-23,36-44H2,1-2H3/t45?,46?,54?,55-,56-,57?,58?,59?,60-,61+/m0/s1. The molecule has 2 heterocycles. The van der Waals surface area contributed by atoms with Gasteiger partial charge in [0, 0.05) is 13.2 Å². The number of ether oxygens (including phenoxy) is 9. The zero-order valence-corrected chi connectivity index (χ0v) is 42.1. The Kier molecular flexibility index (Phi) is 21.1. The zero-order chi connectivity index (χ0) is 50.5. The number of rotatable bonds is 27. The predicted octanol–water partition coefficient (Wildman–Crippen LogP) is 10.00. The van der Waals surface area contributed by atoms with Gasteiger partial charge in [-0.15, -0.1) is 0 Å². The molecule has 8 rings (SSSR count). The minimum absolute atomic E-state index is 0.175. The molecule has 0 spiro atoms. The Balaban J connectivity index is 0.980. The second-order valence-electron chi connectivity index (χ2n) is 18.8. The van der Waals surface area contributed by atoms with Gasteiger partial charge in [-0.2, -0.15) is 0 Å². The van der Waals surface area contributed by atoms with Crippen LogP contribution in [0.25, 0.3) is 0 Å². The maximum absolute atomic E-state index is 13.1. The summed E-state index contributed by atoms with van der Waals surface area (Å²) in [6.45, 7) is 7.05. The van der Waals surface area contributed by atoms with E-state index in [0.29, 0.717) is 39.3 Å². The molecule has 6 unspecified atom stereocenters. The lowest BCUT2D eigenvalue weighted by Crippen LogP contribution is -2.64. The summed E-state index contributed by atoms with van der Waals surface area (Å²) in [6, 6.07) is 59.6. The predicted molar refractivity (Wildman–Crippen MR) is 277 cm³/mol. The number of hydrogen-bond donors (Lipinski definition) is 1. The molecule has 2 saturated heterocycles. The molecule has 0 bridgehead atoms. The van der Waals surface area contributed by atoms with Crippen LogP contribution < -0.4 is 0 Å². The van der Waals surface area contributed by atoms with Gasteiger partial charge in [0.1, 0.15) is 43.2 Å². The van der Waals surface area contributed by atoms with E-state index in [-0.39, 0.29) is 32.3 Å². The number of esters is 1. The number of aliphatic hydroxyl groups excluding tert-OH is 1. The van der Waals surface area contributed by atoms with E-state index < -0.39 is 61.4 Å². The lowest BCUT2D eigenvalue weighted by molar-refractivity contribution is -0.373. The van der Waals surface area contributed by atoms with Crippen LogP contribution in [0, 0.1) is 0 Å². The fraction of sp³-hybridized carbons (Fsp3) is 0.393. The Labute approximate surface area is 431 Å². The Morgan fingerprint density at radius 3 is 1.33 bits per heavy atom. The van der Waals surface area contributed by atoms with E-state index in [4.69, 9.17) is 42.6 Å². The molecular weight excluding hydrogens is 923 g/mol. The van der Waals surface area contributed by atoms with Crippen molar-refractivity contribution < 1.29 is 52.5 Å². The molecule has 2 fully saturated rings. The Hall–Kier alpha value is -5.61. The van der Waals surface area contributed by atoms with Crippen molar-refractivity contribution in [3.63, 3.8) is 0 Å². The van der Waals surface area contributed by atoms with Crippen molar-refractivity contribution in [1.82, 2.24) is 4.90 Å². The van der Waals surface area contributed by atoms with Crippen LogP contribution in [0.2, 0.25) is 0 Å². The van der Waals surface area contributed by atoms with Crippen LogP contribution in [0.5, 0.6) is 0 Å². The second-order valence-corrected chi connectivity index (χ2v) is 18.8. The summed E-state index contributed by atoms with van der Waals surface area (Å²) < 4.78 is 59.4. The quantitative estimate of drug-likeness (QED) is 0.0390.